The molecule has 1 rings (SSSR count). The number of carbonyl (C=O) groups is 2. The van der Waals surface area contributed by atoms with Crippen LogP contribution in [0.25, 0.3) is 0 Å². The van der Waals surface area contributed by atoms with Gasteiger partial charge in [-0.15, -0.1) is 0 Å². The predicted octanol–water partition coefficient (Wildman–Crippen LogP) is 1.14. The first-order chi connectivity index (χ1) is 9.44. The Kier molecular flexibility index (Phi) is 6.46. The van der Waals surface area contributed by atoms with E-state index < -0.39 is 0 Å². The van der Waals surface area contributed by atoms with Gasteiger partial charge < -0.3 is 15.5 Å². The largest absolute Gasteiger partial charge is 0.359 e. The van der Waals surface area contributed by atoms with Crippen LogP contribution in [0.4, 0.5) is 0 Å². The second-order valence-corrected chi connectivity index (χ2v) is 6.06. The molecular formula is C15H29N3O2. The van der Waals surface area contributed by atoms with Crippen molar-refractivity contribution in [2.45, 2.75) is 51.0 Å². The first-order valence-corrected chi connectivity index (χ1v) is 7.58. The molecular weight excluding hydrogens is 254 g/mol. The minimum atomic E-state index is -0.175. The van der Waals surface area contributed by atoms with Crippen molar-refractivity contribution in [1.82, 2.24) is 15.5 Å². The lowest BCUT2D eigenvalue weighted by atomic mass is 9.79. The molecule has 0 saturated heterocycles. The minimum Gasteiger partial charge on any atom is -0.359 e. The summed E-state index contributed by atoms with van der Waals surface area (Å²) in [4.78, 5) is 25.6. The molecule has 0 bridgehead atoms. The van der Waals surface area contributed by atoms with Crippen molar-refractivity contribution in [1.29, 1.82) is 0 Å². The van der Waals surface area contributed by atoms with Gasteiger partial charge in [0.25, 0.3) is 0 Å². The van der Waals surface area contributed by atoms with Crippen molar-refractivity contribution in [2.75, 3.05) is 27.7 Å². The van der Waals surface area contributed by atoms with Crippen molar-refractivity contribution in [2.24, 2.45) is 5.92 Å². The molecule has 116 valence electrons. The van der Waals surface area contributed by atoms with Crippen molar-refractivity contribution in [3.05, 3.63) is 0 Å². The van der Waals surface area contributed by atoms with Gasteiger partial charge in [-0.1, -0.05) is 26.2 Å². The van der Waals surface area contributed by atoms with Crippen LogP contribution in [0, 0.1) is 5.92 Å². The Balaban J connectivity index is 2.53. The molecule has 0 heterocycles. The highest BCUT2D eigenvalue weighted by Gasteiger charge is 2.33. The zero-order valence-electron chi connectivity index (χ0n) is 13.3. The van der Waals surface area contributed by atoms with Gasteiger partial charge in [-0.05, 0) is 19.9 Å². The molecule has 0 aromatic heterocycles. The first-order valence-electron chi connectivity index (χ1n) is 7.58. The maximum atomic E-state index is 12.4. The maximum Gasteiger partial charge on any atom is 0.224 e. The van der Waals surface area contributed by atoms with Crippen LogP contribution in [0.2, 0.25) is 0 Å². The van der Waals surface area contributed by atoms with Crippen LogP contribution in [0.15, 0.2) is 0 Å². The smallest absolute Gasteiger partial charge is 0.224 e. The number of rotatable bonds is 6. The third-order valence-corrected chi connectivity index (χ3v) is 4.50. The van der Waals surface area contributed by atoms with E-state index in [2.05, 4.69) is 10.6 Å². The first kappa shape index (κ1) is 17.0. The molecule has 20 heavy (non-hydrogen) atoms. The van der Waals surface area contributed by atoms with Gasteiger partial charge in [0, 0.05) is 32.6 Å². The van der Waals surface area contributed by atoms with Crippen LogP contribution in [0.3, 0.4) is 0 Å². The summed E-state index contributed by atoms with van der Waals surface area (Å²) in [7, 11) is 5.36. The molecule has 2 N–H and O–H groups in total. The third-order valence-electron chi connectivity index (χ3n) is 4.50. The van der Waals surface area contributed by atoms with Gasteiger partial charge in [0.2, 0.25) is 11.8 Å². The number of nitrogens with one attached hydrogen (secondary N) is 2. The van der Waals surface area contributed by atoms with Crippen molar-refractivity contribution in [3.8, 4) is 0 Å². The fraction of sp³-hybridized carbons (Fsp3) is 0.867. The van der Waals surface area contributed by atoms with Gasteiger partial charge in [-0.3, -0.25) is 9.59 Å². The molecule has 0 aliphatic heterocycles. The van der Waals surface area contributed by atoms with Gasteiger partial charge >= 0.3 is 0 Å². The molecule has 0 aromatic carbocycles. The van der Waals surface area contributed by atoms with Gasteiger partial charge in [0.1, 0.15) is 0 Å². The summed E-state index contributed by atoms with van der Waals surface area (Å²) >= 11 is 0. The summed E-state index contributed by atoms with van der Waals surface area (Å²) in [5, 5.41) is 5.98. The number of nitrogens with zero attached hydrogens (tertiary/aromatic N) is 1. The zero-order chi connectivity index (χ0) is 15.2. The Hall–Kier alpha value is -1.10. The lowest BCUT2D eigenvalue weighted by Crippen LogP contribution is -2.49. The van der Waals surface area contributed by atoms with E-state index in [0.717, 1.165) is 12.8 Å². The SMILES string of the molecule is CNC(=O)C(C)CN(C)C(=O)CC1(NC)CCCCC1. The van der Waals surface area contributed by atoms with E-state index in [1.807, 2.05) is 14.0 Å². The predicted molar refractivity (Wildman–Crippen MR) is 80.4 cm³/mol. The highest BCUT2D eigenvalue weighted by molar-refractivity contribution is 5.80. The van der Waals surface area contributed by atoms with Crippen LogP contribution in [-0.4, -0.2) is 49.9 Å². The molecule has 1 aliphatic rings. The summed E-state index contributed by atoms with van der Waals surface area (Å²) < 4.78 is 0. The molecule has 1 saturated carbocycles. The number of hydrogen-bond donors (Lipinski definition) is 2. The molecule has 2 amide bonds. The van der Waals surface area contributed by atoms with Gasteiger partial charge in [0.05, 0.1) is 5.92 Å². The van der Waals surface area contributed by atoms with Gasteiger partial charge in [0.15, 0.2) is 0 Å². The second kappa shape index (κ2) is 7.62. The molecule has 0 spiro atoms. The fourth-order valence-electron chi connectivity index (χ4n) is 3.01. The summed E-state index contributed by atoms with van der Waals surface area (Å²) in [6.07, 6.45) is 6.29. The van der Waals surface area contributed by atoms with Crippen LogP contribution >= 0.6 is 0 Å². The lowest BCUT2D eigenvalue weighted by molar-refractivity contribution is -0.133. The highest BCUT2D eigenvalue weighted by atomic mass is 16.2. The zero-order valence-corrected chi connectivity index (χ0v) is 13.3. The number of amides is 2. The van der Waals surface area contributed by atoms with Gasteiger partial charge in [-0.25, -0.2) is 0 Å². The Morgan fingerprint density at radius 1 is 1.20 bits per heavy atom. The Morgan fingerprint density at radius 2 is 1.80 bits per heavy atom. The average Bonchev–Trinajstić information content (AvgIpc) is 2.47. The van der Waals surface area contributed by atoms with Gasteiger partial charge in [-0.2, -0.15) is 0 Å². The maximum absolute atomic E-state index is 12.4. The van der Waals surface area contributed by atoms with Crippen molar-refractivity contribution in [3.63, 3.8) is 0 Å². The summed E-state index contributed by atoms with van der Waals surface area (Å²) in [5.41, 5.74) is -0.0418. The molecule has 0 aromatic rings. The standard InChI is InChI=1S/C15H29N3O2/c1-12(14(20)16-2)11-18(4)13(19)10-15(17-3)8-6-5-7-9-15/h12,17H,5-11H2,1-4H3,(H,16,20). The third kappa shape index (κ3) is 4.47. The molecule has 1 fully saturated rings. The van der Waals surface area contributed by atoms with E-state index in [4.69, 9.17) is 0 Å². The molecule has 1 aliphatic carbocycles. The summed E-state index contributed by atoms with van der Waals surface area (Å²) in [5.74, 6) is -0.0755. The van der Waals surface area contributed by atoms with Crippen LogP contribution in [-0.2, 0) is 9.59 Å². The molecule has 1 unspecified atom stereocenters. The van der Waals surface area contributed by atoms with E-state index >= 15 is 0 Å². The average molecular weight is 283 g/mol. The van der Waals surface area contributed by atoms with E-state index in [1.54, 1.807) is 19.0 Å². The number of carbonyl (C=O) groups excluding carboxylic acids is 2. The van der Waals surface area contributed by atoms with Crippen LogP contribution in [0.1, 0.15) is 45.4 Å². The molecule has 5 nitrogen and oxygen atoms in total. The van der Waals surface area contributed by atoms with Crippen LogP contribution in [0.5, 0.6) is 0 Å². The van der Waals surface area contributed by atoms with E-state index in [1.165, 1.54) is 19.3 Å². The Bertz CT molecular complexity index is 338. The normalized spacial score (nSPS) is 19.2. The molecule has 5 heteroatoms. The van der Waals surface area contributed by atoms with Crippen molar-refractivity contribution < 1.29 is 9.59 Å². The monoisotopic (exact) mass is 283 g/mol. The quantitative estimate of drug-likeness (QED) is 0.768. The number of hydrogen-bond acceptors (Lipinski definition) is 3. The van der Waals surface area contributed by atoms with E-state index in [9.17, 15) is 9.59 Å². The fourth-order valence-corrected chi connectivity index (χ4v) is 3.01. The Labute approximate surface area is 122 Å². The summed E-state index contributed by atoms with van der Waals surface area (Å²) in [6, 6.07) is 0. The highest BCUT2D eigenvalue weighted by Crippen LogP contribution is 2.31. The Morgan fingerprint density at radius 3 is 2.30 bits per heavy atom. The minimum absolute atomic E-state index is 0.0225. The summed E-state index contributed by atoms with van der Waals surface area (Å²) in [6.45, 7) is 2.31. The topological polar surface area (TPSA) is 61.4 Å². The van der Waals surface area contributed by atoms with Crippen molar-refractivity contribution >= 4 is 11.8 Å². The van der Waals surface area contributed by atoms with Crippen LogP contribution < -0.4 is 10.6 Å². The van der Waals surface area contributed by atoms with E-state index in [0.29, 0.717) is 13.0 Å². The van der Waals surface area contributed by atoms with E-state index in [-0.39, 0.29) is 23.3 Å². The molecule has 1 atom stereocenters. The lowest BCUT2D eigenvalue weighted by Gasteiger charge is -2.38. The molecule has 0 radical (unpaired) electrons. The second-order valence-electron chi connectivity index (χ2n) is 6.06.